The van der Waals surface area contributed by atoms with Gasteiger partial charge in [-0.3, -0.25) is 4.79 Å². The molecule has 4 atom stereocenters. The van der Waals surface area contributed by atoms with E-state index in [2.05, 4.69) is 36.1 Å². The zero-order valence-corrected chi connectivity index (χ0v) is 21.0. The van der Waals surface area contributed by atoms with Crippen molar-refractivity contribution in [2.45, 2.75) is 71.1 Å². The molecule has 3 unspecified atom stereocenters. The Labute approximate surface area is 205 Å². The zero-order valence-electron chi connectivity index (χ0n) is 21.0. The topological polar surface area (TPSA) is 70.6 Å². The van der Waals surface area contributed by atoms with E-state index in [0.717, 1.165) is 57.6 Å². The average molecular weight is 498 g/mol. The van der Waals surface area contributed by atoms with Gasteiger partial charge in [-0.1, -0.05) is 20.8 Å². The van der Waals surface area contributed by atoms with Crippen molar-refractivity contribution in [2.75, 3.05) is 44.3 Å². The second-order valence-corrected chi connectivity index (χ2v) is 10.6. The quantitative estimate of drug-likeness (QED) is 0.646. The predicted octanol–water partition coefficient (Wildman–Crippen LogP) is 3.74. The van der Waals surface area contributed by atoms with Gasteiger partial charge in [0.1, 0.15) is 5.69 Å². The Hall–Kier alpha value is -1.94. The third kappa shape index (κ3) is 5.58. The summed E-state index contributed by atoms with van der Waals surface area (Å²) in [6.45, 7) is 9.82. The Kier molecular flexibility index (Phi) is 7.90. The molecule has 2 aliphatic heterocycles. The van der Waals surface area contributed by atoms with E-state index in [9.17, 15) is 18.0 Å². The molecule has 3 aliphatic rings. The molecular formula is C25H38F3N5O2. The summed E-state index contributed by atoms with van der Waals surface area (Å²) >= 11 is 0. The number of aromatic nitrogens is 2. The smallest absolute Gasteiger partial charge is 0.381 e. The monoisotopic (exact) mass is 497 g/mol. The maximum Gasteiger partial charge on any atom is 0.433 e. The van der Waals surface area contributed by atoms with Crippen LogP contribution in [0.3, 0.4) is 0 Å². The van der Waals surface area contributed by atoms with Crippen LogP contribution in [0.4, 0.5) is 19.1 Å². The van der Waals surface area contributed by atoms with Crippen LogP contribution >= 0.6 is 0 Å². The number of hydrogen-bond donors (Lipinski definition) is 1. The molecule has 3 heterocycles. The van der Waals surface area contributed by atoms with E-state index in [1.807, 2.05) is 4.90 Å². The van der Waals surface area contributed by atoms with Crippen LogP contribution in [0.15, 0.2) is 12.3 Å². The maximum absolute atomic E-state index is 13.8. The maximum atomic E-state index is 13.8. The van der Waals surface area contributed by atoms with Gasteiger partial charge in [0.05, 0.1) is 12.0 Å². The van der Waals surface area contributed by atoms with E-state index in [1.54, 1.807) is 4.90 Å². The molecule has 4 rings (SSSR count). The first-order valence-corrected chi connectivity index (χ1v) is 12.9. The average Bonchev–Trinajstić information content (AvgIpc) is 3.29. The van der Waals surface area contributed by atoms with Gasteiger partial charge < -0.3 is 19.9 Å². The van der Waals surface area contributed by atoms with Crippen molar-refractivity contribution in [3.05, 3.63) is 18.0 Å². The summed E-state index contributed by atoms with van der Waals surface area (Å²) < 4.78 is 44.8. The van der Waals surface area contributed by atoms with Crippen molar-refractivity contribution in [3.8, 4) is 0 Å². The molecule has 1 saturated carbocycles. The van der Waals surface area contributed by atoms with Gasteiger partial charge in [-0.05, 0) is 50.0 Å². The molecule has 1 aromatic rings. The van der Waals surface area contributed by atoms with E-state index < -0.39 is 17.3 Å². The minimum absolute atomic E-state index is 0.0672. The molecule has 1 aliphatic carbocycles. The lowest BCUT2D eigenvalue weighted by molar-refractivity contribution is -0.145. The van der Waals surface area contributed by atoms with Gasteiger partial charge in [-0.2, -0.15) is 13.2 Å². The molecule has 0 radical (unpaired) electrons. The van der Waals surface area contributed by atoms with Gasteiger partial charge in [0, 0.05) is 51.1 Å². The molecule has 1 N–H and O–H groups in total. The van der Waals surface area contributed by atoms with Crippen molar-refractivity contribution in [3.63, 3.8) is 0 Å². The number of piperazine rings is 1. The fraction of sp³-hybridized carbons (Fsp3) is 0.800. The van der Waals surface area contributed by atoms with Gasteiger partial charge >= 0.3 is 6.18 Å². The summed E-state index contributed by atoms with van der Waals surface area (Å²) in [7, 11) is 0. The highest BCUT2D eigenvalue weighted by Gasteiger charge is 2.50. The Morgan fingerprint density at radius 2 is 2.00 bits per heavy atom. The van der Waals surface area contributed by atoms with Crippen molar-refractivity contribution in [1.82, 2.24) is 20.2 Å². The van der Waals surface area contributed by atoms with E-state index in [-0.39, 0.29) is 17.8 Å². The fourth-order valence-corrected chi connectivity index (χ4v) is 5.99. The van der Waals surface area contributed by atoms with Crippen molar-refractivity contribution >= 4 is 11.9 Å². The lowest BCUT2D eigenvalue weighted by atomic mass is 9.74. The number of halogens is 3. The first-order chi connectivity index (χ1) is 16.6. The lowest BCUT2D eigenvalue weighted by Gasteiger charge is -2.42. The number of rotatable bonds is 6. The first kappa shape index (κ1) is 26.1. The number of anilines is 1. The third-order valence-electron chi connectivity index (χ3n) is 8.31. The summed E-state index contributed by atoms with van der Waals surface area (Å²) in [6.07, 6.45) is 1.40. The van der Waals surface area contributed by atoms with Crippen LogP contribution in [0, 0.1) is 17.3 Å². The Balaban J connectivity index is 1.38. The van der Waals surface area contributed by atoms with Crippen LogP contribution in [-0.4, -0.2) is 72.3 Å². The minimum atomic E-state index is -4.51. The number of nitrogens with zero attached hydrogens (tertiary/aromatic N) is 4. The molecule has 10 heteroatoms. The number of nitrogens with one attached hydrogen (secondary N) is 1. The molecule has 0 spiro atoms. The highest BCUT2D eigenvalue weighted by molar-refractivity contribution is 5.83. The Morgan fingerprint density at radius 1 is 1.26 bits per heavy atom. The number of amides is 1. The molecule has 3 fully saturated rings. The second-order valence-electron chi connectivity index (χ2n) is 10.6. The largest absolute Gasteiger partial charge is 0.433 e. The van der Waals surface area contributed by atoms with Crippen LogP contribution in [0.5, 0.6) is 0 Å². The zero-order chi connectivity index (χ0) is 25.2. The summed E-state index contributed by atoms with van der Waals surface area (Å²) in [5.74, 6) is 0.973. The van der Waals surface area contributed by atoms with Crippen LogP contribution in [0.2, 0.25) is 0 Å². The van der Waals surface area contributed by atoms with E-state index in [0.29, 0.717) is 44.2 Å². The molecule has 35 heavy (non-hydrogen) atoms. The Morgan fingerprint density at radius 3 is 2.66 bits per heavy atom. The second kappa shape index (κ2) is 10.6. The summed E-state index contributed by atoms with van der Waals surface area (Å²) in [5, 5.41) is 3.86. The molecular weight excluding hydrogens is 459 g/mol. The van der Waals surface area contributed by atoms with Gasteiger partial charge in [0.15, 0.2) is 0 Å². The minimum Gasteiger partial charge on any atom is -0.381 e. The van der Waals surface area contributed by atoms with Crippen molar-refractivity contribution < 1.29 is 22.7 Å². The lowest BCUT2D eigenvalue weighted by Crippen LogP contribution is -2.55. The number of carbonyl (C=O) groups excluding carboxylic acids is 1. The van der Waals surface area contributed by atoms with Crippen LogP contribution < -0.4 is 10.2 Å². The normalized spacial score (nSPS) is 30.2. The van der Waals surface area contributed by atoms with Gasteiger partial charge in [-0.15, -0.1) is 0 Å². The molecule has 0 bridgehead atoms. The van der Waals surface area contributed by atoms with Gasteiger partial charge in [0.2, 0.25) is 11.9 Å². The molecule has 7 nitrogen and oxygen atoms in total. The van der Waals surface area contributed by atoms with E-state index >= 15 is 0 Å². The highest BCUT2D eigenvalue weighted by Crippen LogP contribution is 2.46. The van der Waals surface area contributed by atoms with Crippen LogP contribution in [0.25, 0.3) is 0 Å². The molecule has 1 aromatic heterocycles. The highest BCUT2D eigenvalue weighted by atomic mass is 19.4. The summed E-state index contributed by atoms with van der Waals surface area (Å²) in [4.78, 5) is 25.2. The number of ether oxygens (including phenoxy) is 1. The first-order valence-electron chi connectivity index (χ1n) is 12.9. The number of carbonyl (C=O) groups is 1. The van der Waals surface area contributed by atoms with Crippen LogP contribution in [0.1, 0.15) is 58.6 Å². The predicted molar refractivity (Wildman–Crippen MR) is 127 cm³/mol. The Bertz CT molecular complexity index is 875. The van der Waals surface area contributed by atoms with E-state index in [4.69, 9.17) is 4.74 Å². The van der Waals surface area contributed by atoms with Gasteiger partial charge in [-0.25, -0.2) is 9.97 Å². The van der Waals surface area contributed by atoms with Crippen LogP contribution in [-0.2, 0) is 15.7 Å². The molecule has 2 saturated heterocycles. The standard InChI is InChI=1S/C25H38F3N5O2/c1-4-18-16-35-14-7-20(18)30-19-5-8-24(15-19,17(2)3)22(34)32-10-12-33(13-11-32)23-29-9-6-21(31-23)25(26,27)28/h6,9,17-20,30H,4-5,7-8,10-16H2,1-3H3/t18?,19?,20?,24-/m0/s1. The summed E-state index contributed by atoms with van der Waals surface area (Å²) in [6, 6.07) is 1.63. The fourth-order valence-electron chi connectivity index (χ4n) is 5.99. The van der Waals surface area contributed by atoms with E-state index in [1.165, 1.54) is 0 Å². The molecule has 196 valence electrons. The SMILES string of the molecule is CCC1COCCC1NC1CC[C@@](C(=O)N2CCN(c3nccc(C(F)(F)F)n3)CC2)(C(C)C)C1. The third-order valence-corrected chi connectivity index (χ3v) is 8.31. The van der Waals surface area contributed by atoms with Crippen molar-refractivity contribution in [2.24, 2.45) is 17.3 Å². The molecule has 1 amide bonds. The van der Waals surface area contributed by atoms with Gasteiger partial charge in [0.25, 0.3) is 0 Å². The van der Waals surface area contributed by atoms with Crippen molar-refractivity contribution in [1.29, 1.82) is 0 Å². The summed E-state index contributed by atoms with van der Waals surface area (Å²) in [5.41, 5.74) is -1.35. The number of hydrogen-bond acceptors (Lipinski definition) is 6. The molecule has 0 aromatic carbocycles. The number of alkyl halides is 3.